The quantitative estimate of drug-likeness (QED) is 0.931. The molecule has 2 unspecified atom stereocenters. The summed E-state index contributed by atoms with van der Waals surface area (Å²) in [6.07, 6.45) is 6.12. The van der Waals surface area contributed by atoms with Crippen LogP contribution in [0.5, 0.6) is 0 Å². The summed E-state index contributed by atoms with van der Waals surface area (Å²) in [5.74, 6) is 0. The molecule has 0 aliphatic carbocycles. The van der Waals surface area contributed by atoms with Crippen LogP contribution < -0.4 is 5.73 Å². The smallest absolute Gasteiger partial charge is 0.0534 e. The van der Waals surface area contributed by atoms with Crippen molar-refractivity contribution in [2.75, 3.05) is 0 Å². The number of fused-ring (bicyclic) bond motifs is 1. The molecule has 3 nitrogen and oxygen atoms in total. The number of hydrogen-bond donors (Lipinski definition) is 1. The van der Waals surface area contributed by atoms with E-state index in [2.05, 4.69) is 40.2 Å². The molecule has 1 aromatic heterocycles. The molecule has 2 heterocycles. The Morgan fingerprint density at radius 2 is 2.32 bits per heavy atom. The SMILES string of the molecule is CC(N)Cc1cnn(CC2Cc3ccccc3S2)c1. The zero-order chi connectivity index (χ0) is 13.2. The van der Waals surface area contributed by atoms with Crippen LogP contribution in [0.2, 0.25) is 0 Å². The zero-order valence-corrected chi connectivity index (χ0v) is 11.9. The van der Waals surface area contributed by atoms with E-state index in [1.807, 2.05) is 24.9 Å². The van der Waals surface area contributed by atoms with E-state index in [1.165, 1.54) is 16.0 Å². The van der Waals surface area contributed by atoms with Crippen molar-refractivity contribution in [2.24, 2.45) is 5.73 Å². The van der Waals surface area contributed by atoms with Gasteiger partial charge in [-0.15, -0.1) is 11.8 Å². The molecule has 4 heteroatoms. The molecule has 0 saturated carbocycles. The summed E-state index contributed by atoms with van der Waals surface area (Å²) in [7, 11) is 0. The average Bonchev–Trinajstić information content (AvgIpc) is 2.94. The predicted octanol–water partition coefficient (Wildman–Crippen LogP) is 2.49. The number of benzene rings is 1. The van der Waals surface area contributed by atoms with Crippen LogP contribution in [-0.4, -0.2) is 21.1 Å². The second kappa shape index (κ2) is 5.39. The zero-order valence-electron chi connectivity index (χ0n) is 11.1. The van der Waals surface area contributed by atoms with Crippen LogP contribution in [0.1, 0.15) is 18.1 Å². The Morgan fingerprint density at radius 1 is 1.47 bits per heavy atom. The van der Waals surface area contributed by atoms with Crippen molar-refractivity contribution < 1.29 is 0 Å². The topological polar surface area (TPSA) is 43.8 Å². The molecule has 2 N–H and O–H groups in total. The fraction of sp³-hybridized carbons (Fsp3) is 0.400. The first-order valence-corrected chi connectivity index (χ1v) is 7.60. The summed E-state index contributed by atoms with van der Waals surface area (Å²) in [5.41, 5.74) is 8.52. The van der Waals surface area contributed by atoms with E-state index >= 15 is 0 Å². The maximum Gasteiger partial charge on any atom is 0.0534 e. The number of rotatable bonds is 4. The molecule has 0 bridgehead atoms. The van der Waals surface area contributed by atoms with Gasteiger partial charge in [0.2, 0.25) is 0 Å². The van der Waals surface area contributed by atoms with Gasteiger partial charge in [0.25, 0.3) is 0 Å². The molecule has 1 aromatic carbocycles. The minimum atomic E-state index is 0.197. The summed E-state index contributed by atoms with van der Waals surface area (Å²) in [6.45, 7) is 3.00. The summed E-state index contributed by atoms with van der Waals surface area (Å²) in [5, 5.41) is 5.04. The first-order chi connectivity index (χ1) is 9.20. The van der Waals surface area contributed by atoms with Crippen LogP contribution in [0, 0.1) is 0 Å². The van der Waals surface area contributed by atoms with Crippen molar-refractivity contribution in [2.45, 2.75) is 42.5 Å². The van der Waals surface area contributed by atoms with Crippen molar-refractivity contribution in [3.05, 3.63) is 47.8 Å². The van der Waals surface area contributed by atoms with E-state index in [4.69, 9.17) is 5.73 Å². The largest absolute Gasteiger partial charge is 0.328 e. The molecule has 1 aliphatic rings. The van der Waals surface area contributed by atoms with E-state index in [1.54, 1.807) is 0 Å². The maximum atomic E-state index is 5.81. The third-order valence-corrected chi connectivity index (χ3v) is 4.65. The molecular weight excluding hydrogens is 254 g/mol. The van der Waals surface area contributed by atoms with E-state index < -0.39 is 0 Å². The van der Waals surface area contributed by atoms with Crippen molar-refractivity contribution >= 4 is 11.8 Å². The van der Waals surface area contributed by atoms with Crippen molar-refractivity contribution in [3.8, 4) is 0 Å². The highest BCUT2D eigenvalue weighted by molar-refractivity contribution is 8.00. The molecule has 0 radical (unpaired) electrons. The van der Waals surface area contributed by atoms with Gasteiger partial charge in [0.15, 0.2) is 0 Å². The number of nitrogens with two attached hydrogens (primary N) is 1. The molecule has 0 amide bonds. The van der Waals surface area contributed by atoms with Gasteiger partial charge in [0.05, 0.1) is 12.7 Å². The molecule has 0 fully saturated rings. The van der Waals surface area contributed by atoms with Crippen LogP contribution in [-0.2, 0) is 19.4 Å². The van der Waals surface area contributed by atoms with E-state index in [0.29, 0.717) is 5.25 Å². The molecule has 100 valence electrons. The molecule has 19 heavy (non-hydrogen) atoms. The number of aromatic nitrogens is 2. The maximum absolute atomic E-state index is 5.81. The van der Waals surface area contributed by atoms with E-state index in [-0.39, 0.29) is 6.04 Å². The first kappa shape index (κ1) is 12.8. The van der Waals surface area contributed by atoms with Gasteiger partial charge in [0.1, 0.15) is 0 Å². The van der Waals surface area contributed by atoms with Crippen molar-refractivity contribution in [1.82, 2.24) is 9.78 Å². The molecule has 2 aromatic rings. The minimum absolute atomic E-state index is 0.197. The number of nitrogens with zero attached hydrogens (tertiary/aromatic N) is 2. The Balaban J connectivity index is 1.63. The van der Waals surface area contributed by atoms with Gasteiger partial charge in [-0.1, -0.05) is 18.2 Å². The highest BCUT2D eigenvalue weighted by Gasteiger charge is 2.22. The van der Waals surface area contributed by atoms with Gasteiger partial charge in [-0.2, -0.15) is 5.10 Å². The van der Waals surface area contributed by atoms with Gasteiger partial charge in [-0.3, -0.25) is 4.68 Å². The summed E-state index contributed by atoms with van der Waals surface area (Å²) in [6, 6.07) is 8.87. The van der Waals surface area contributed by atoms with Crippen molar-refractivity contribution in [3.63, 3.8) is 0 Å². The van der Waals surface area contributed by atoms with Gasteiger partial charge >= 0.3 is 0 Å². The van der Waals surface area contributed by atoms with Crippen LogP contribution in [0.15, 0.2) is 41.6 Å². The number of hydrogen-bond acceptors (Lipinski definition) is 3. The standard InChI is InChI=1S/C15H19N3S/c1-11(16)6-12-8-17-18(9-12)10-14-7-13-4-2-3-5-15(13)19-14/h2-5,8-9,11,14H,6-7,10,16H2,1H3. The molecular formula is C15H19N3S. The Labute approximate surface area is 118 Å². The fourth-order valence-corrected chi connectivity index (χ4v) is 3.86. The lowest BCUT2D eigenvalue weighted by molar-refractivity contribution is 0.594. The first-order valence-electron chi connectivity index (χ1n) is 6.72. The third kappa shape index (κ3) is 3.01. The van der Waals surface area contributed by atoms with E-state index in [0.717, 1.165) is 19.4 Å². The number of thioether (sulfide) groups is 1. The monoisotopic (exact) mass is 273 g/mol. The second-order valence-electron chi connectivity index (χ2n) is 5.30. The molecule has 1 aliphatic heterocycles. The Morgan fingerprint density at radius 3 is 3.11 bits per heavy atom. The van der Waals surface area contributed by atoms with Crippen molar-refractivity contribution in [1.29, 1.82) is 0 Å². The Bertz CT molecular complexity index is 537. The third-order valence-electron chi connectivity index (χ3n) is 3.35. The highest BCUT2D eigenvalue weighted by Crippen LogP contribution is 2.37. The lowest BCUT2D eigenvalue weighted by atomic mass is 10.1. The fourth-order valence-electron chi connectivity index (χ4n) is 2.55. The molecule has 3 rings (SSSR count). The van der Waals surface area contributed by atoms with Gasteiger partial charge < -0.3 is 5.73 Å². The summed E-state index contributed by atoms with van der Waals surface area (Å²) < 4.78 is 2.06. The molecule has 2 atom stereocenters. The second-order valence-corrected chi connectivity index (χ2v) is 6.65. The normalized spacial score (nSPS) is 19.4. The Hall–Kier alpha value is -1.26. The van der Waals surface area contributed by atoms with Crippen LogP contribution >= 0.6 is 11.8 Å². The van der Waals surface area contributed by atoms with E-state index in [9.17, 15) is 0 Å². The molecule has 0 spiro atoms. The van der Waals surface area contributed by atoms with Gasteiger partial charge in [-0.25, -0.2) is 0 Å². The Kier molecular flexibility index (Phi) is 3.62. The van der Waals surface area contributed by atoms with Gasteiger partial charge in [0, 0.05) is 22.4 Å². The van der Waals surface area contributed by atoms with Crippen LogP contribution in [0.3, 0.4) is 0 Å². The van der Waals surface area contributed by atoms with Gasteiger partial charge in [-0.05, 0) is 37.0 Å². The lowest BCUT2D eigenvalue weighted by Gasteiger charge is -2.08. The lowest BCUT2D eigenvalue weighted by Crippen LogP contribution is -2.17. The average molecular weight is 273 g/mol. The van der Waals surface area contributed by atoms with Crippen LogP contribution in [0.25, 0.3) is 0 Å². The predicted molar refractivity (Wildman–Crippen MR) is 79.4 cm³/mol. The minimum Gasteiger partial charge on any atom is -0.328 e. The highest BCUT2D eigenvalue weighted by atomic mass is 32.2. The summed E-state index contributed by atoms with van der Waals surface area (Å²) in [4.78, 5) is 1.43. The summed E-state index contributed by atoms with van der Waals surface area (Å²) >= 11 is 1.97. The van der Waals surface area contributed by atoms with Crippen LogP contribution in [0.4, 0.5) is 0 Å². The molecule has 0 saturated heterocycles.